The zero-order valence-electron chi connectivity index (χ0n) is 9.38. The Morgan fingerprint density at radius 3 is 1.86 bits per heavy atom. The smallest absolute Gasteiger partial charge is 0.0348 e. The van der Waals surface area contributed by atoms with Gasteiger partial charge >= 0.3 is 0 Å². The zero-order valence-corrected chi connectivity index (χ0v) is 9.38. The molecule has 0 aliphatic heterocycles. The van der Waals surface area contributed by atoms with Crippen molar-refractivity contribution < 1.29 is 0 Å². The minimum atomic E-state index is 1.18. The molecule has 0 amide bonds. The van der Waals surface area contributed by atoms with Gasteiger partial charge in [0.15, 0.2) is 0 Å². The summed E-state index contributed by atoms with van der Waals surface area (Å²) < 4.78 is 0. The first-order valence-corrected chi connectivity index (χ1v) is 5.80. The third-order valence-corrected chi connectivity index (χ3v) is 2.30. The molecule has 0 atom stereocenters. The van der Waals surface area contributed by atoms with Gasteiger partial charge in [0.25, 0.3) is 0 Å². The molecule has 0 bridgehead atoms. The van der Waals surface area contributed by atoms with Crippen molar-refractivity contribution in [3.8, 4) is 0 Å². The molecule has 0 rings (SSSR count). The van der Waals surface area contributed by atoms with Crippen molar-refractivity contribution in [1.82, 2.24) is 0 Å². The number of rotatable bonds is 10. The van der Waals surface area contributed by atoms with Crippen molar-refractivity contribution >= 4 is 0 Å². The van der Waals surface area contributed by atoms with Crippen molar-refractivity contribution in [3.63, 3.8) is 0 Å². The van der Waals surface area contributed by atoms with Crippen LogP contribution >= 0.6 is 0 Å². The SMILES string of the molecule is C=CC=CCCCCCCCCC=C. The molecule has 0 heterocycles. The van der Waals surface area contributed by atoms with Gasteiger partial charge in [-0.2, -0.15) is 0 Å². The second-order valence-electron chi connectivity index (χ2n) is 3.65. The summed E-state index contributed by atoms with van der Waals surface area (Å²) in [4.78, 5) is 0. The van der Waals surface area contributed by atoms with Crippen LogP contribution < -0.4 is 0 Å². The first-order valence-electron chi connectivity index (χ1n) is 5.80. The highest BCUT2D eigenvalue weighted by molar-refractivity contribution is 4.96. The van der Waals surface area contributed by atoms with Gasteiger partial charge in [0.1, 0.15) is 0 Å². The molecule has 0 aliphatic rings. The average Bonchev–Trinajstić information content (AvgIpc) is 2.21. The van der Waals surface area contributed by atoms with Crippen molar-refractivity contribution in [2.75, 3.05) is 0 Å². The van der Waals surface area contributed by atoms with Crippen LogP contribution in [-0.2, 0) is 0 Å². The predicted molar refractivity (Wildman–Crippen MR) is 66.5 cm³/mol. The van der Waals surface area contributed by atoms with Crippen LogP contribution in [-0.4, -0.2) is 0 Å². The lowest BCUT2D eigenvalue weighted by Crippen LogP contribution is -1.79. The lowest BCUT2D eigenvalue weighted by atomic mass is 10.1. The lowest BCUT2D eigenvalue weighted by Gasteiger charge is -1.98. The summed E-state index contributed by atoms with van der Waals surface area (Å²) in [7, 11) is 0. The van der Waals surface area contributed by atoms with E-state index in [4.69, 9.17) is 0 Å². The Hall–Kier alpha value is -0.780. The van der Waals surface area contributed by atoms with Crippen LogP contribution in [0.1, 0.15) is 51.4 Å². The van der Waals surface area contributed by atoms with E-state index in [-0.39, 0.29) is 0 Å². The van der Waals surface area contributed by atoms with Gasteiger partial charge in [-0.1, -0.05) is 56.6 Å². The van der Waals surface area contributed by atoms with Crippen LogP contribution in [0.25, 0.3) is 0 Å². The second kappa shape index (κ2) is 12.2. The molecule has 0 fully saturated rings. The van der Waals surface area contributed by atoms with Gasteiger partial charge in [-0.25, -0.2) is 0 Å². The first kappa shape index (κ1) is 13.2. The molecular weight excluding hydrogens is 168 g/mol. The molecule has 0 aliphatic carbocycles. The highest BCUT2D eigenvalue weighted by atomic mass is 13.9. The van der Waals surface area contributed by atoms with E-state index < -0.39 is 0 Å². The quantitative estimate of drug-likeness (QED) is 0.258. The predicted octanol–water partition coefficient (Wildman–Crippen LogP) is 5.04. The van der Waals surface area contributed by atoms with E-state index in [0.717, 1.165) is 0 Å². The summed E-state index contributed by atoms with van der Waals surface area (Å²) >= 11 is 0. The molecule has 0 aromatic rings. The minimum Gasteiger partial charge on any atom is -0.103 e. The Bertz CT molecular complexity index is 153. The van der Waals surface area contributed by atoms with E-state index in [2.05, 4.69) is 19.2 Å². The number of hydrogen-bond acceptors (Lipinski definition) is 0. The number of unbranched alkanes of at least 4 members (excludes halogenated alkanes) is 7. The molecular formula is C14H24. The third kappa shape index (κ3) is 11.2. The Morgan fingerprint density at radius 1 is 0.714 bits per heavy atom. The first-order chi connectivity index (χ1) is 6.91. The summed E-state index contributed by atoms with van der Waals surface area (Å²) in [6.07, 6.45) is 18.6. The monoisotopic (exact) mass is 192 g/mol. The molecule has 0 heteroatoms. The molecule has 0 aromatic heterocycles. The molecule has 0 saturated carbocycles. The minimum absolute atomic E-state index is 1.18. The Morgan fingerprint density at radius 2 is 1.29 bits per heavy atom. The standard InChI is InChI=1S/C14H24/c1-3-5-7-9-11-13-14-12-10-8-6-4-2/h3-5,7H,1-2,6,8-14H2. The molecule has 0 unspecified atom stereocenters. The summed E-state index contributed by atoms with van der Waals surface area (Å²) in [6, 6.07) is 0. The van der Waals surface area contributed by atoms with Crippen LogP contribution in [0.15, 0.2) is 37.5 Å². The molecule has 0 nitrogen and oxygen atoms in total. The van der Waals surface area contributed by atoms with Crippen molar-refractivity contribution in [3.05, 3.63) is 37.5 Å². The van der Waals surface area contributed by atoms with Gasteiger partial charge in [0.2, 0.25) is 0 Å². The summed E-state index contributed by atoms with van der Waals surface area (Å²) in [5.41, 5.74) is 0. The molecule has 0 saturated heterocycles. The van der Waals surface area contributed by atoms with Crippen molar-refractivity contribution in [2.24, 2.45) is 0 Å². The molecule has 14 heavy (non-hydrogen) atoms. The van der Waals surface area contributed by atoms with Gasteiger partial charge in [0.05, 0.1) is 0 Å². The Labute approximate surface area is 89.4 Å². The number of allylic oxidation sites excluding steroid dienone is 4. The molecule has 0 N–H and O–H groups in total. The fourth-order valence-corrected chi connectivity index (χ4v) is 1.45. The highest BCUT2D eigenvalue weighted by Crippen LogP contribution is 2.08. The third-order valence-electron chi connectivity index (χ3n) is 2.30. The Kier molecular flexibility index (Phi) is 11.5. The van der Waals surface area contributed by atoms with Gasteiger partial charge in [0, 0.05) is 0 Å². The maximum Gasteiger partial charge on any atom is -0.0348 e. The van der Waals surface area contributed by atoms with Gasteiger partial charge in [-0.15, -0.1) is 6.58 Å². The maximum atomic E-state index is 3.72. The van der Waals surface area contributed by atoms with E-state index in [0.29, 0.717) is 0 Å². The maximum absolute atomic E-state index is 3.72. The van der Waals surface area contributed by atoms with Gasteiger partial charge < -0.3 is 0 Å². The summed E-state index contributed by atoms with van der Waals surface area (Å²) in [6.45, 7) is 7.36. The van der Waals surface area contributed by atoms with Crippen LogP contribution in [0.3, 0.4) is 0 Å². The summed E-state index contributed by atoms with van der Waals surface area (Å²) in [5, 5.41) is 0. The fraction of sp³-hybridized carbons (Fsp3) is 0.571. The van der Waals surface area contributed by atoms with Crippen LogP contribution in [0.5, 0.6) is 0 Å². The Balaban J connectivity index is 2.95. The normalized spacial score (nSPS) is 10.6. The van der Waals surface area contributed by atoms with E-state index in [1.54, 1.807) is 0 Å². The van der Waals surface area contributed by atoms with E-state index in [9.17, 15) is 0 Å². The molecule has 0 spiro atoms. The average molecular weight is 192 g/mol. The highest BCUT2D eigenvalue weighted by Gasteiger charge is 1.89. The largest absolute Gasteiger partial charge is 0.103 e. The molecule has 80 valence electrons. The lowest BCUT2D eigenvalue weighted by molar-refractivity contribution is 0.600. The number of hydrogen-bond donors (Lipinski definition) is 0. The summed E-state index contributed by atoms with van der Waals surface area (Å²) in [5.74, 6) is 0. The van der Waals surface area contributed by atoms with Crippen LogP contribution in [0.4, 0.5) is 0 Å². The van der Waals surface area contributed by atoms with E-state index >= 15 is 0 Å². The topological polar surface area (TPSA) is 0 Å². The molecule has 0 radical (unpaired) electrons. The second-order valence-corrected chi connectivity index (χ2v) is 3.65. The van der Waals surface area contributed by atoms with Crippen LogP contribution in [0, 0.1) is 0 Å². The van der Waals surface area contributed by atoms with Crippen LogP contribution in [0.2, 0.25) is 0 Å². The van der Waals surface area contributed by atoms with Gasteiger partial charge in [-0.05, 0) is 25.7 Å². The van der Waals surface area contributed by atoms with E-state index in [1.807, 2.05) is 18.2 Å². The fourth-order valence-electron chi connectivity index (χ4n) is 1.45. The van der Waals surface area contributed by atoms with E-state index in [1.165, 1.54) is 51.4 Å². The zero-order chi connectivity index (χ0) is 10.5. The molecule has 0 aromatic carbocycles. The van der Waals surface area contributed by atoms with Crippen molar-refractivity contribution in [1.29, 1.82) is 0 Å². The van der Waals surface area contributed by atoms with Gasteiger partial charge in [-0.3, -0.25) is 0 Å². The van der Waals surface area contributed by atoms with Crippen molar-refractivity contribution in [2.45, 2.75) is 51.4 Å².